The SMILES string of the molecule is CCN[C@H](C)CNC(=O)c1ccc(COc2ccc(F)cc2)o1. The van der Waals surface area contributed by atoms with Crippen LogP contribution in [0.3, 0.4) is 0 Å². The second kappa shape index (κ2) is 8.33. The third-order valence-corrected chi connectivity index (χ3v) is 3.20. The van der Waals surface area contributed by atoms with Gasteiger partial charge in [0.25, 0.3) is 5.91 Å². The fourth-order valence-electron chi connectivity index (χ4n) is 2.02. The molecule has 124 valence electrons. The van der Waals surface area contributed by atoms with E-state index in [1.807, 2.05) is 13.8 Å². The number of furan rings is 1. The smallest absolute Gasteiger partial charge is 0.287 e. The van der Waals surface area contributed by atoms with Crippen molar-refractivity contribution in [3.8, 4) is 5.75 Å². The molecule has 0 fully saturated rings. The Kier molecular flexibility index (Phi) is 6.17. The molecule has 2 N–H and O–H groups in total. The molecular formula is C17H21FN2O3. The molecule has 5 nitrogen and oxygen atoms in total. The Labute approximate surface area is 134 Å². The van der Waals surface area contributed by atoms with E-state index in [1.54, 1.807) is 12.1 Å². The highest BCUT2D eigenvalue weighted by Gasteiger charge is 2.12. The van der Waals surface area contributed by atoms with Gasteiger partial charge in [0.05, 0.1) is 0 Å². The highest BCUT2D eigenvalue weighted by atomic mass is 19.1. The van der Waals surface area contributed by atoms with Crippen molar-refractivity contribution in [1.82, 2.24) is 10.6 Å². The molecule has 0 bridgehead atoms. The summed E-state index contributed by atoms with van der Waals surface area (Å²) in [5, 5.41) is 6.01. The predicted molar refractivity (Wildman–Crippen MR) is 84.9 cm³/mol. The Hall–Kier alpha value is -2.34. The van der Waals surface area contributed by atoms with Gasteiger partial charge in [0.1, 0.15) is 23.9 Å². The van der Waals surface area contributed by atoms with Crippen molar-refractivity contribution in [2.75, 3.05) is 13.1 Å². The van der Waals surface area contributed by atoms with Crippen molar-refractivity contribution in [3.63, 3.8) is 0 Å². The molecule has 0 spiro atoms. The summed E-state index contributed by atoms with van der Waals surface area (Å²) >= 11 is 0. The van der Waals surface area contributed by atoms with Gasteiger partial charge in [0.15, 0.2) is 5.76 Å². The third kappa shape index (κ3) is 5.41. The van der Waals surface area contributed by atoms with Crippen LogP contribution >= 0.6 is 0 Å². The second-order valence-electron chi connectivity index (χ2n) is 5.18. The van der Waals surface area contributed by atoms with Crippen LogP contribution in [0.2, 0.25) is 0 Å². The van der Waals surface area contributed by atoms with Crippen molar-refractivity contribution in [1.29, 1.82) is 0 Å². The van der Waals surface area contributed by atoms with Crippen LogP contribution < -0.4 is 15.4 Å². The number of halogens is 1. The van der Waals surface area contributed by atoms with Crippen molar-refractivity contribution < 1.29 is 18.3 Å². The Bertz CT molecular complexity index is 625. The van der Waals surface area contributed by atoms with E-state index in [1.165, 1.54) is 24.3 Å². The van der Waals surface area contributed by atoms with Crippen LogP contribution in [0.25, 0.3) is 0 Å². The van der Waals surface area contributed by atoms with E-state index in [0.717, 1.165) is 6.54 Å². The molecule has 0 saturated carbocycles. The first kappa shape index (κ1) is 17.0. The van der Waals surface area contributed by atoms with Crippen LogP contribution in [0.5, 0.6) is 5.75 Å². The first-order valence-electron chi connectivity index (χ1n) is 7.57. The van der Waals surface area contributed by atoms with Crippen LogP contribution in [0.1, 0.15) is 30.2 Å². The maximum Gasteiger partial charge on any atom is 0.287 e. The van der Waals surface area contributed by atoms with E-state index in [2.05, 4.69) is 10.6 Å². The Morgan fingerprint density at radius 1 is 1.26 bits per heavy atom. The van der Waals surface area contributed by atoms with E-state index in [4.69, 9.17) is 9.15 Å². The summed E-state index contributed by atoms with van der Waals surface area (Å²) in [7, 11) is 0. The van der Waals surface area contributed by atoms with Gasteiger partial charge in [-0.2, -0.15) is 0 Å². The lowest BCUT2D eigenvalue weighted by Crippen LogP contribution is -2.38. The predicted octanol–water partition coefficient (Wildman–Crippen LogP) is 2.73. The first-order valence-corrected chi connectivity index (χ1v) is 7.57. The summed E-state index contributed by atoms with van der Waals surface area (Å²) < 4.78 is 23.7. The molecule has 0 aliphatic carbocycles. The van der Waals surface area contributed by atoms with E-state index in [9.17, 15) is 9.18 Å². The fourth-order valence-corrected chi connectivity index (χ4v) is 2.02. The van der Waals surface area contributed by atoms with Crippen LogP contribution in [-0.4, -0.2) is 25.0 Å². The zero-order valence-corrected chi connectivity index (χ0v) is 13.3. The Morgan fingerprint density at radius 2 is 2.00 bits per heavy atom. The van der Waals surface area contributed by atoms with Gasteiger partial charge < -0.3 is 19.8 Å². The van der Waals surface area contributed by atoms with Crippen molar-refractivity contribution in [2.45, 2.75) is 26.5 Å². The molecule has 2 aromatic rings. The van der Waals surface area contributed by atoms with Crippen LogP contribution in [0.4, 0.5) is 4.39 Å². The van der Waals surface area contributed by atoms with Gasteiger partial charge in [0.2, 0.25) is 0 Å². The number of amides is 1. The lowest BCUT2D eigenvalue weighted by molar-refractivity contribution is 0.0918. The molecule has 0 radical (unpaired) electrons. The van der Waals surface area contributed by atoms with Crippen LogP contribution in [0.15, 0.2) is 40.8 Å². The molecular weight excluding hydrogens is 299 g/mol. The maximum absolute atomic E-state index is 12.8. The van der Waals surface area contributed by atoms with E-state index >= 15 is 0 Å². The molecule has 0 aliphatic rings. The number of carbonyl (C=O) groups is 1. The van der Waals surface area contributed by atoms with Crippen LogP contribution in [0, 0.1) is 5.82 Å². The maximum atomic E-state index is 12.8. The molecule has 1 aromatic carbocycles. The third-order valence-electron chi connectivity index (χ3n) is 3.20. The summed E-state index contributed by atoms with van der Waals surface area (Å²) in [6.45, 7) is 5.55. The normalized spacial score (nSPS) is 12.0. The topological polar surface area (TPSA) is 63.5 Å². The van der Waals surface area contributed by atoms with Crippen LogP contribution in [-0.2, 0) is 6.61 Å². The molecule has 2 rings (SSSR count). The molecule has 1 heterocycles. The lowest BCUT2D eigenvalue weighted by atomic mass is 10.3. The largest absolute Gasteiger partial charge is 0.486 e. The van der Waals surface area contributed by atoms with Crippen molar-refractivity contribution >= 4 is 5.91 Å². The highest BCUT2D eigenvalue weighted by molar-refractivity contribution is 5.91. The Morgan fingerprint density at radius 3 is 2.70 bits per heavy atom. The minimum absolute atomic E-state index is 0.173. The molecule has 1 amide bonds. The monoisotopic (exact) mass is 320 g/mol. The van der Waals surface area contributed by atoms with Gasteiger partial charge in [-0.1, -0.05) is 6.92 Å². The van der Waals surface area contributed by atoms with Gasteiger partial charge >= 0.3 is 0 Å². The molecule has 0 unspecified atom stereocenters. The zero-order valence-electron chi connectivity index (χ0n) is 13.3. The number of carbonyl (C=O) groups excluding carboxylic acids is 1. The first-order chi connectivity index (χ1) is 11.1. The Balaban J connectivity index is 1.82. The second-order valence-corrected chi connectivity index (χ2v) is 5.18. The minimum atomic E-state index is -0.318. The average Bonchev–Trinajstić information content (AvgIpc) is 3.01. The number of ether oxygens (including phenoxy) is 1. The molecule has 23 heavy (non-hydrogen) atoms. The van der Waals surface area contributed by atoms with Gasteiger partial charge in [0, 0.05) is 12.6 Å². The molecule has 0 saturated heterocycles. The molecule has 6 heteroatoms. The number of nitrogens with one attached hydrogen (secondary N) is 2. The molecule has 1 atom stereocenters. The van der Waals surface area contributed by atoms with Crippen molar-refractivity contribution in [3.05, 3.63) is 53.7 Å². The number of benzene rings is 1. The number of likely N-dealkylation sites (N-methyl/N-ethyl adjacent to an activating group) is 1. The summed E-state index contributed by atoms with van der Waals surface area (Å²) in [6, 6.07) is 9.20. The standard InChI is InChI=1S/C17H21FN2O3/c1-3-19-12(2)10-20-17(21)16-9-8-15(23-16)11-22-14-6-4-13(18)5-7-14/h4-9,12,19H,3,10-11H2,1-2H3,(H,20,21)/t12-/m1/s1. The van der Waals surface area contributed by atoms with Gasteiger partial charge in [-0.25, -0.2) is 4.39 Å². The summed E-state index contributed by atoms with van der Waals surface area (Å²) in [5.74, 6) is 0.725. The highest BCUT2D eigenvalue weighted by Crippen LogP contribution is 2.15. The molecule has 1 aromatic heterocycles. The quantitative estimate of drug-likeness (QED) is 0.785. The van der Waals surface area contributed by atoms with Gasteiger partial charge in [-0.15, -0.1) is 0 Å². The molecule has 0 aliphatic heterocycles. The van der Waals surface area contributed by atoms with E-state index < -0.39 is 0 Å². The number of hydrogen-bond donors (Lipinski definition) is 2. The average molecular weight is 320 g/mol. The summed E-state index contributed by atoms with van der Waals surface area (Å²) in [4.78, 5) is 12.0. The van der Waals surface area contributed by atoms with Gasteiger partial charge in [-0.3, -0.25) is 4.79 Å². The van der Waals surface area contributed by atoms with Gasteiger partial charge in [-0.05, 0) is 49.9 Å². The summed E-state index contributed by atoms with van der Waals surface area (Å²) in [5.41, 5.74) is 0. The zero-order chi connectivity index (χ0) is 16.7. The van der Waals surface area contributed by atoms with E-state index in [-0.39, 0.29) is 30.1 Å². The van der Waals surface area contributed by atoms with E-state index in [0.29, 0.717) is 18.1 Å². The fraction of sp³-hybridized carbons (Fsp3) is 0.353. The number of rotatable bonds is 8. The summed E-state index contributed by atoms with van der Waals surface area (Å²) in [6.07, 6.45) is 0. The van der Waals surface area contributed by atoms with Crippen molar-refractivity contribution in [2.24, 2.45) is 0 Å². The number of hydrogen-bond acceptors (Lipinski definition) is 4. The lowest BCUT2D eigenvalue weighted by Gasteiger charge is -2.12. The minimum Gasteiger partial charge on any atom is -0.486 e.